The summed E-state index contributed by atoms with van der Waals surface area (Å²) in [6.07, 6.45) is 2.16. The van der Waals surface area contributed by atoms with E-state index in [4.69, 9.17) is 0 Å². The summed E-state index contributed by atoms with van der Waals surface area (Å²) in [6.45, 7) is 0.996. The van der Waals surface area contributed by atoms with Crippen molar-refractivity contribution in [2.75, 3.05) is 11.4 Å². The quantitative estimate of drug-likeness (QED) is 0.748. The van der Waals surface area contributed by atoms with E-state index in [9.17, 15) is 9.90 Å². The number of rotatable bonds is 3. The number of carboxylic acid groups (broad SMARTS) is 1. The summed E-state index contributed by atoms with van der Waals surface area (Å²) in [7, 11) is 0. The Morgan fingerprint density at radius 1 is 1.00 bits per heavy atom. The maximum Gasteiger partial charge on any atom is 0.335 e. The first-order valence-corrected chi connectivity index (χ1v) is 8.32. The highest BCUT2D eigenvalue weighted by Crippen LogP contribution is 2.39. The number of hydrogen-bond donors (Lipinski definition) is 1. The Balaban J connectivity index is 1.77. The number of fused-ring (bicyclic) bond motifs is 1. The molecule has 1 saturated heterocycles. The van der Waals surface area contributed by atoms with E-state index in [0.29, 0.717) is 5.56 Å². The SMILES string of the molecule is O=C(O)c1cccc(C2CCCN2c2cccc3ccccc23)c1. The van der Waals surface area contributed by atoms with Gasteiger partial charge in [0.15, 0.2) is 0 Å². The average Bonchev–Trinajstić information content (AvgIpc) is 3.11. The van der Waals surface area contributed by atoms with Crippen LogP contribution in [0.2, 0.25) is 0 Å². The Bertz CT molecular complexity index is 898. The van der Waals surface area contributed by atoms with Gasteiger partial charge in [-0.15, -0.1) is 0 Å². The Morgan fingerprint density at radius 3 is 2.67 bits per heavy atom. The Morgan fingerprint density at radius 2 is 1.79 bits per heavy atom. The van der Waals surface area contributed by atoms with E-state index in [1.807, 2.05) is 18.2 Å². The van der Waals surface area contributed by atoms with E-state index in [-0.39, 0.29) is 6.04 Å². The molecule has 4 rings (SSSR count). The van der Waals surface area contributed by atoms with Crippen LogP contribution in [0.5, 0.6) is 0 Å². The van der Waals surface area contributed by atoms with Crippen molar-refractivity contribution in [3.63, 3.8) is 0 Å². The van der Waals surface area contributed by atoms with Crippen LogP contribution in [0.15, 0.2) is 66.7 Å². The van der Waals surface area contributed by atoms with Crippen LogP contribution in [0, 0.1) is 0 Å². The van der Waals surface area contributed by atoms with Gasteiger partial charge in [0.2, 0.25) is 0 Å². The van der Waals surface area contributed by atoms with Gasteiger partial charge in [0.25, 0.3) is 0 Å². The molecule has 1 fully saturated rings. The van der Waals surface area contributed by atoms with Crippen molar-refractivity contribution in [3.8, 4) is 0 Å². The third-order valence-electron chi connectivity index (χ3n) is 4.85. The molecule has 24 heavy (non-hydrogen) atoms. The summed E-state index contributed by atoms with van der Waals surface area (Å²) in [5.74, 6) is -0.869. The summed E-state index contributed by atoms with van der Waals surface area (Å²) >= 11 is 0. The molecule has 1 aliphatic rings. The normalized spacial score (nSPS) is 17.3. The molecule has 1 heterocycles. The fourth-order valence-corrected chi connectivity index (χ4v) is 3.74. The second-order valence-electron chi connectivity index (χ2n) is 6.28. The molecule has 1 unspecified atom stereocenters. The molecule has 3 nitrogen and oxygen atoms in total. The molecule has 0 radical (unpaired) electrons. The monoisotopic (exact) mass is 317 g/mol. The molecule has 3 aromatic carbocycles. The van der Waals surface area contributed by atoms with E-state index in [2.05, 4.69) is 47.4 Å². The number of carboxylic acids is 1. The molecule has 1 atom stereocenters. The molecule has 0 aliphatic carbocycles. The van der Waals surface area contributed by atoms with Gasteiger partial charge in [0, 0.05) is 17.6 Å². The van der Waals surface area contributed by atoms with Crippen LogP contribution in [-0.4, -0.2) is 17.6 Å². The van der Waals surface area contributed by atoms with Crippen molar-refractivity contribution in [2.24, 2.45) is 0 Å². The average molecular weight is 317 g/mol. The Hall–Kier alpha value is -2.81. The van der Waals surface area contributed by atoms with Gasteiger partial charge in [0.05, 0.1) is 11.6 Å². The molecule has 0 saturated carbocycles. The van der Waals surface area contributed by atoms with Crippen molar-refractivity contribution in [1.29, 1.82) is 0 Å². The number of carbonyl (C=O) groups is 1. The minimum atomic E-state index is -0.869. The highest BCUT2D eigenvalue weighted by molar-refractivity contribution is 5.94. The van der Waals surface area contributed by atoms with Crippen molar-refractivity contribution in [1.82, 2.24) is 0 Å². The van der Waals surface area contributed by atoms with Crippen molar-refractivity contribution >= 4 is 22.4 Å². The Labute approximate surface area is 141 Å². The van der Waals surface area contributed by atoms with E-state index in [1.54, 1.807) is 6.07 Å². The molecule has 3 aromatic rings. The first-order valence-electron chi connectivity index (χ1n) is 8.32. The van der Waals surface area contributed by atoms with Crippen LogP contribution in [0.1, 0.15) is 34.8 Å². The Kier molecular flexibility index (Phi) is 3.69. The van der Waals surface area contributed by atoms with E-state index in [1.165, 1.54) is 16.5 Å². The molecule has 1 N–H and O–H groups in total. The minimum absolute atomic E-state index is 0.232. The van der Waals surface area contributed by atoms with Gasteiger partial charge in [-0.1, -0.05) is 48.5 Å². The fourth-order valence-electron chi connectivity index (χ4n) is 3.74. The van der Waals surface area contributed by atoms with E-state index >= 15 is 0 Å². The van der Waals surface area contributed by atoms with Crippen molar-refractivity contribution < 1.29 is 9.90 Å². The molecule has 1 aliphatic heterocycles. The fraction of sp³-hybridized carbons (Fsp3) is 0.190. The standard InChI is InChI=1S/C21H19NO2/c23-21(24)17-9-3-8-16(14-17)19-12-5-13-22(19)20-11-4-7-15-6-1-2-10-18(15)20/h1-4,6-11,14,19H,5,12-13H2,(H,23,24). The smallest absolute Gasteiger partial charge is 0.335 e. The van der Waals surface area contributed by atoms with Gasteiger partial charge in [-0.05, 0) is 42.0 Å². The summed E-state index contributed by atoms with van der Waals surface area (Å²) in [5, 5.41) is 11.7. The second kappa shape index (κ2) is 6.00. The van der Waals surface area contributed by atoms with Crippen LogP contribution in [0.4, 0.5) is 5.69 Å². The number of hydrogen-bond acceptors (Lipinski definition) is 2. The van der Waals surface area contributed by atoms with E-state index in [0.717, 1.165) is 24.9 Å². The van der Waals surface area contributed by atoms with Crippen LogP contribution in [0.3, 0.4) is 0 Å². The van der Waals surface area contributed by atoms with Crippen LogP contribution < -0.4 is 4.90 Å². The van der Waals surface area contributed by atoms with Crippen LogP contribution in [-0.2, 0) is 0 Å². The predicted molar refractivity (Wildman–Crippen MR) is 96.7 cm³/mol. The lowest BCUT2D eigenvalue weighted by molar-refractivity contribution is 0.0696. The zero-order chi connectivity index (χ0) is 16.5. The van der Waals surface area contributed by atoms with Gasteiger partial charge in [-0.2, -0.15) is 0 Å². The van der Waals surface area contributed by atoms with Gasteiger partial charge < -0.3 is 10.0 Å². The number of anilines is 1. The summed E-state index contributed by atoms with van der Waals surface area (Å²) < 4.78 is 0. The predicted octanol–water partition coefficient (Wildman–Crippen LogP) is 4.88. The molecule has 3 heteroatoms. The third kappa shape index (κ3) is 2.52. The zero-order valence-corrected chi connectivity index (χ0v) is 13.4. The molecular formula is C21H19NO2. The lowest BCUT2D eigenvalue weighted by atomic mass is 10.0. The van der Waals surface area contributed by atoms with Gasteiger partial charge >= 0.3 is 5.97 Å². The topological polar surface area (TPSA) is 40.5 Å². The molecule has 0 aromatic heterocycles. The summed E-state index contributed by atoms with van der Waals surface area (Å²) in [5.41, 5.74) is 2.67. The summed E-state index contributed by atoms with van der Waals surface area (Å²) in [6, 6.07) is 22.4. The highest BCUT2D eigenvalue weighted by atomic mass is 16.4. The van der Waals surface area contributed by atoms with Gasteiger partial charge in [-0.25, -0.2) is 4.79 Å². The van der Waals surface area contributed by atoms with Gasteiger partial charge in [0.1, 0.15) is 0 Å². The third-order valence-corrected chi connectivity index (χ3v) is 4.85. The minimum Gasteiger partial charge on any atom is -0.478 e. The molecule has 0 spiro atoms. The lowest BCUT2D eigenvalue weighted by Gasteiger charge is -2.28. The number of benzene rings is 3. The van der Waals surface area contributed by atoms with Crippen LogP contribution >= 0.6 is 0 Å². The molecular weight excluding hydrogens is 298 g/mol. The number of nitrogens with zero attached hydrogens (tertiary/aromatic N) is 1. The lowest BCUT2D eigenvalue weighted by Crippen LogP contribution is -2.23. The first kappa shape index (κ1) is 14.8. The van der Waals surface area contributed by atoms with E-state index < -0.39 is 5.97 Å². The van der Waals surface area contributed by atoms with Gasteiger partial charge in [-0.3, -0.25) is 0 Å². The number of aromatic carboxylic acids is 1. The largest absolute Gasteiger partial charge is 0.478 e. The first-order chi connectivity index (χ1) is 11.7. The summed E-state index contributed by atoms with van der Waals surface area (Å²) in [4.78, 5) is 13.7. The highest BCUT2D eigenvalue weighted by Gasteiger charge is 2.27. The van der Waals surface area contributed by atoms with Crippen LogP contribution in [0.25, 0.3) is 10.8 Å². The van der Waals surface area contributed by atoms with Crippen molar-refractivity contribution in [3.05, 3.63) is 77.9 Å². The second-order valence-corrected chi connectivity index (χ2v) is 6.28. The molecule has 0 amide bonds. The maximum absolute atomic E-state index is 11.3. The molecule has 120 valence electrons. The van der Waals surface area contributed by atoms with Crippen molar-refractivity contribution in [2.45, 2.75) is 18.9 Å². The maximum atomic E-state index is 11.3. The zero-order valence-electron chi connectivity index (χ0n) is 13.4. The molecule has 0 bridgehead atoms.